The lowest BCUT2D eigenvalue weighted by Gasteiger charge is -2.19. The molecule has 1 saturated heterocycles. The van der Waals surface area contributed by atoms with Gasteiger partial charge in [0.1, 0.15) is 0 Å². The summed E-state index contributed by atoms with van der Waals surface area (Å²) in [6.45, 7) is 6.86. The van der Waals surface area contributed by atoms with E-state index in [4.69, 9.17) is 4.74 Å². The van der Waals surface area contributed by atoms with Crippen molar-refractivity contribution in [1.82, 2.24) is 15.5 Å². The van der Waals surface area contributed by atoms with Crippen molar-refractivity contribution in [3.05, 3.63) is 15.9 Å². The Morgan fingerprint density at radius 1 is 1.53 bits per heavy atom. The van der Waals surface area contributed by atoms with E-state index in [2.05, 4.69) is 45.3 Å². The highest BCUT2D eigenvalue weighted by atomic mass is 79.9. The second-order valence-electron chi connectivity index (χ2n) is 5.27. The highest BCUT2D eigenvalue weighted by Gasteiger charge is 2.26. The lowest BCUT2D eigenvalue weighted by atomic mass is 10.1. The van der Waals surface area contributed by atoms with Crippen LogP contribution in [0, 0.1) is 0 Å². The topological polar surface area (TPSA) is 67.0 Å². The molecule has 5 nitrogen and oxygen atoms in total. The Labute approximate surface area is 121 Å². The predicted molar refractivity (Wildman–Crippen MR) is 76.3 cm³/mol. The number of nitrogens with zero attached hydrogens (tertiary/aromatic N) is 1. The molecule has 2 atom stereocenters. The fourth-order valence-corrected chi connectivity index (χ4v) is 3.06. The Balaban J connectivity index is 2.03. The number of carbonyl (C=O) groups is 1. The van der Waals surface area contributed by atoms with Gasteiger partial charge in [-0.15, -0.1) is 0 Å². The SMILES string of the molecule is CC(C)c1[nH]nc(C(=O)N[C@@H](C)[C@H]2CCCO2)c1Br. The van der Waals surface area contributed by atoms with Crippen LogP contribution in [0.15, 0.2) is 4.47 Å². The molecule has 0 aromatic carbocycles. The number of aromatic amines is 1. The van der Waals surface area contributed by atoms with Gasteiger partial charge >= 0.3 is 0 Å². The molecule has 0 saturated carbocycles. The van der Waals surface area contributed by atoms with Crippen molar-refractivity contribution >= 4 is 21.8 Å². The van der Waals surface area contributed by atoms with E-state index in [0.717, 1.165) is 29.6 Å². The summed E-state index contributed by atoms with van der Waals surface area (Å²) in [7, 11) is 0. The van der Waals surface area contributed by atoms with Gasteiger partial charge in [0.25, 0.3) is 5.91 Å². The van der Waals surface area contributed by atoms with Gasteiger partial charge in [-0.3, -0.25) is 9.89 Å². The van der Waals surface area contributed by atoms with Gasteiger partial charge in [-0.05, 0) is 41.6 Å². The second-order valence-corrected chi connectivity index (χ2v) is 6.06. The van der Waals surface area contributed by atoms with Crippen LogP contribution in [-0.2, 0) is 4.74 Å². The molecule has 2 heterocycles. The van der Waals surface area contributed by atoms with Crippen LogP contribution in [0.5, 0.6) is 0 Å². The van der Waals surface area contributed by atoms with Crippen LogP contribution in [0.4, 0.5) is 0 Å². The number of hydrogen-bond acceptors (Lipinski definition) is 3. The first-order valence-electron chi connectivity index (χ1n) is 6.67. The Morgan fingerprint density at radius 2 is 2.26 bits per heavy atom. The van der Waals surface area contributed by atoms with Crippen molar-refractivity contribution < 1.29 is 9.53 Å². The minimum Gasteiger partial charge on any atom is -0.376 e. The van der Waals surface area contributed by atoms with Crippen molar-refractivity contribution in [3.8, 4) is 0 Å². The number of ether oxygens (including phenoxy) is 1. The highest BCUT2D eigenvalue weighted by Crippen LogP contribution is 2.25. The molecule has 0 unspecified atom stereocenters. The first-order chi connectivity index (χ1) is 9.00. The molecule has 2 N–H and O–H groups in total. The quantitative estimate of drug-likeness (QED) is 0.892. The average Bonchev–Trinajstić information content (AvgIpc) is 2.96. The van der Waals surface area contributed by atoms with Gasteiger partial charge in [-0.1, -0.05) is 13.8 Å². The average molecular weight is 330 g/mol. The first kappa shape index (κ1) is 14.5. The third-order valence-electron chi connectivity index (χ3n) is 3.41. The molecule has 1 amide bonds. The van der Waals surface area contributed by atoms with E-state index in [1.54, 1.807) is 0 Å². The standard InChI is InChI=1S/C13H20BrN3O2/c1-7(2)11-10(14)12(17-16-11)13(18)15-8(3)9-5-4-6-19-9/h7-9H,4-6H2,1-3H3,(H,15,18)(H,16,17)/t8-,9+/m0/s1. The zero-order chi connectivity index (χ0) is 14.0. The van der Waals surface area contributed by atoms with Crippen molar-refractivity contribution in [2.45, 2.75) is 51.7 Å². The molecule has 1 aliphatic heterocycles. The van der Waals surface area contributed by atoms with E-state index in [1.807, 2.05) is 6.92 Å². The van der Waals surface area contributed by atoms with Gasteiger partial charge in [0.2, 0.25) is 0 Å². The third-order valence-corrected chi connectivity index (χ3v) is 4.21. The molecule has 106 valence electrons. The minimum atomic E-state index is -0.168. The van der Waals surface area contributed by atoms with Gasteiger partial charge in [0, 0.05) is 6.61 Å². The number of nitrogens with one attached hydrogen (secondary N) is 2. The molecular formula is C13H20BrN3O2. The largest absolute Gasteiger partial charge is 0.376 e. The molecule has 1 fully saturated rings. The Hall–Kier alpha value is -0.880. The summed E-state index contributed by atoms with van der Waals surface area (Å²) in [4.78, 5) is 12.2. The second kappa shape index (κ2) is 6.05. The smallest absolute Gasteiger partial charge is 0.273 e. The highest BCUT2D eigenvalue weighted by molar-refractivity contribution is 9.10. The summed E-state index contributed by atoms with van der Waals surface area (Å²) in [5.74, 6) is 0.122. The van der Waals surface area contributed by atoms with Gasteiger partial charge in [-0.2, -0.15) is 5.10 Å². The summed E-state index contributed by atoms with van der Waals surface area (Å²) in [5, 5.41) is 9.95. The predicted octanol–water partition coefficient (Wildman–Crippen LogP) is 2.59. The van der Waals surface area contributed by atoms with Crippen molar-refractivity contribution in [1.29, 1.82) is 0 Å². The van der Waals surface area contributed by atoms with Crippen LogP contribution in [0.2, 0.25) is 0 Å². The number of carbonyl (C=O) groups excluding carboxylic acids is 1. The lowest BCUT2D eigenvalue weighted by Crippen LogP contribution is -2.41. The summed E-state index contributed by atoms with van der Waals surface area (Å²) in [6, 6.07) is 0.00102. The van der Waals surface area contributed by atoms with Crippen LogP contribution in [0.1, 0.15) is 55.7 Å². The molecule has 0 spiro atoms. The molecule has 1 aromatic rings. The van der Waals surface area contributed by atoms with Crippen LogP contribution >= 0.6 is 15.9 Å². The van der Waals surface area contributed by atoms with Crippen LogP contribution in [0.25, 0.3) is 0 Å². The fourth-order valence-electron chi connectivity index (χ4n) is 2.24. The van der Waals surface area contributed by atoms with Gasteiger partial charge in [0.15, 0.2) is 5.69 Å². The zero-order valence-corrected chi connectivity index (χ0v) is 13.1. The maximum atomic E-state index is 12.2. The van der Waals surface area contributed by atoms with Crippen LogP contribution in [-0.4, -0.2) is 34.9 Å². The number of H-pyrrole nitrogens is 1. The normalized spacial score (nSPS) is 20.8. The number of aromatic nitrogens is 2. The van der Waals surface area contributed by atoms with Crippen molar-refractivity contribution in [2.24, 2.45) is 0 Å². The Bertz CT molecular complexity index is 453. The molecule has 0 aliphatic carbocycles. The van der Waals surface area contributed by atoms with Gasteiger partial charge < -0.3 is 10.1 Å². The summed E-state index contributed by atoms with van der Waals surface area (Å²) in [6.07, 6.45) is 2.18. The summed E-state index contributed by atoms with van der Waals surface area (Å²) >= 11 is 3.44. The number of amides is 1. The van der Waals surface area contributed by atoms with Crippen LogP contribution in [0.3, 0.4) is 0 Å². The molecule has 1 aromatic heterocycles. The number of hydrogen-bond donors (Lipinski definition) is 2. The zero-order valence-electron chi connectivity index (χ0n) is 11.5. The molecular weight excluding hydrogens is 310 g/mol. The van der Waals surface area contributed by atoms with Gasteiger partial charge in [0.05, 0.1) is 22.3 Å². The number of halogens is 1. The fraction of sp³-hybridized carbons (Fsp3) is 0.692. The monoisotopic (exact) mass is 329 g/mol. The van der Waals surface area contributed by atoms with E-state index in [9.17, 15) is 4.79 Å². The molecule has 19 heavy (non-hydrogen) atoms. The maximum absolute atomic E-state index is 12.2. The lowest BCUT2D eigenvalue weighted by molar-refractivity contribution is 0.0709. The maximum Gasteiger partial charge on any atom is 0.273 e. The van der Waals surface area contributed by atoms with E-state index in [-0.39, 0.29) is 18.1 Å². The molecule has 0 bridgehead atoms. The molecule has 1 aliphatic rings. The Morgan fingerprint density at radius 3 is 2.79 bits per heavy atom. The molecule has 0 radical (unpaired) electrons. The van der Waals surface area contributed by atoms with Crippen molar-refractivity contribution in [3.63, 3.8) is 0 Å². The Kier molecular flexibility index (Phi) is 4.62. The number of rotatable bonds is 4. The third kappa shape index (κ3) is 3.17. The van der Waals surface area contributed by atoms with E-state index in [1.165, 1.54) is 0 Å². The minimum absolute atomic E-state index is 0.00102. The van der Waals surface area contributed by atoms with Gasteiger partial charge in [-0.25, -0.2) is 0 Å². The van der Waals surface area contributed by atoms with E-state index >= 15 is 0 Å². The van der Waals surface area contributed by atoms with Crippen LogP contribution < -0.4 is 5.32 Å². The van der Waals surface area contributed by atoms with Crippen molar-refractivity contribution in [2.75, 3.05) is 6.61 Å². The van der Waals surface area contributed by atoms with E-state index < -0.39 is 0 Å². The molecule has 2 rings (SSSR count). The first-order valence-corrected chi connectivity index (χ1v) is 7.46. The summed E-state index contributed by atoms with van der Waals surface area (Å²) < 4.78 is 6.32. The molecule has 6 heteroatoms. The van der Waals surface area contributed by atoms with E-state index in [0.29, 0.717) is 11.6 Å². The summed E-state index contributed by atoms with van der Waals surface area (Å²) in [5.41, 5.74) is 1.35.